The number of ketones is 1. The first-order valence-corrected chi connectivity index (χ1v) is 34.6. The van der Waals surface area contributed by atoms with Gasteiger partial charge in [0.2, 0.25) is 11.8 Å². The molecule has 9 aromatic rings. The van der Waals surface area contributed by atoms with Crippen LogP contribution in [-0.4, -0.2) is 144 Å². The number of aliphatic hydroxyl groups is 2. The Morgan fingerprint density at radius 1 is 0.677 bits per heavy atom. The van der Waals surface area contributed by atoms with Crippen molar-refractivity contribution < 1.29 is 58.8 Å². The molecule has 0 aliphatic carbocycles. The molecule has 2 aliphatic rings. The van der Waals surface area contributed by atoms with Crippen molar-refractivity contribution in [2.24, 2.45) is 11.7 Å². The fraction of sp³-hybridized carbons (Fsp3) is 0.317. The minimum Gasteiger partial charge on any atom is -0.481 e. The van der Waals surface area contributed by atoms with Gasteiger partial charge in [-0.15, -0.1) is 68.0 Å². The molecule has 5 amide bonds. The Morgan fingerprint density at radius 3 is 2.08 bits per heavy atom. The molecule has 480 valence electrons. The number of primary amides is 1. The lowest BCUT2D eigenvalue weighted by atomic mass is 9.90. The topological polar surface area (TPSA) is 364 Å². The summed E-state index contributed by atoms with van der Waals surface area (Å²) in [4.78, 5) is 145. The molecule has 24 nitrogen and oxygen atoms in total. The van der Waals surface area contributed by atoms with Crippen LogP contribution in [0.25, 0.3) is 43.4 Å². The first-order valence-electron chi connectivity index (χ1n) is 29.4. The molecule has 2 aromatic carbocycles. The van der Waals surface area contributed by atoms with Crippen LogP contribution < -0.4 is 16.4 Å². The molecule has 0 radical (unpaired) electrons. The first-order chi connectivity index (χ1) is 44.7. The molecule has 2 aliphatic heterocycles. The zero-order valence-electron chi connectivity index (χ0n) is 50.0. The van der Waals surface area contributed by atoms with E-state index in [0.717, 1.165) is 61.4 Å². The maximum absolute atomic E-state index is 15.3. The van der Waals surface area contributed by atoms with E-state index in [0.29, 0.717) is 72.4 Å². The molecule has 30 heteroatoms. The molecule has 0 saturated carbocycles. The molecule has 10 bridgehead atoms. The summed E-state index contributed by atoms with van der Waals surface area (Å²) in [7, 11) is 0. The number of carboxylic acids is 2. The smallest absolute Gasteiger partial charge is 0.323 e. The second-order valence-corrected chi connectivity index (χ2v) is 28.1. The quantitative estimate of drug-likeness (QED) is 0.0444. The minimum atomic E-state index is -1.30. The summed E-state index contributed by atoms with van der Waals surface area (Å²) in [6.45, 7) is 4.80. The van der Waals surface area contributed by atoms with E-state index in [1.807, 2.05) is 38.1 Å². The highest BCUT2D eigenvalue weighted by Gasteiger charge is 2.46. The maximum Gasteiger partial charge on any atom is 0.323 e. The summed E-state index contributed by atoms with van der Waals surface area (Å²) in [5, 5.41) is 58.3. The number of carbonyl (C=O) groups is 8. The number of hydrogen-bond donors (Lipinski definition) is 7. The molecule has 7 atom stereocenters. The Morgan fingerprint density at radius 2 is 1.33 bits per heavy atom. The number of thiazole rings is 6. The lowest BCUT2D eigenvalue weighted by Gasteiger charge is -2.29. The van der Waals surface area contributed by atoms with E-state index in [9.17, 15) is 48.9 Å². The van der Waals surface area contributed by atoms with Crippen molar-refractivity contribution >= 4 is 115 Å². The van der Waals surface area contributed by atoms with Crippen LogP contribution >= 0.6 is 68.0 Å². The predicted molar refractivity (Wildman–Crippen MR) is 350 cm³/mol. The third-order valence-electron chi connectivity index (χ3n) is 15.8. The number of amides is 5. The SMILES string of the molecule is Cc1ccc(C[C@@H]2NC(=O)c3csc(n3)[C@H]([C@H](O)c3ccccc3)CC(=O)c3nc(sc3C)[C@H](CC(N)=O)NC(=O)c3csc(n3)-c3ccc(-c4nc(C(=O)N(CCCCCC(=O)O)CC(=O)O)cs4)nc3-c3csc(n3)-c3csc(n3)[C@@H]3[C@@H](C)[C@@H](O)CN3C2=O)cc1. The monoisotopic (exact) mass is 1370 g/mol. The van der Waals surface area contributed by atoms with Gasteiger partial charge in [0.25, 0.3) is 17.7 Å². The van der Waals surface area contributed by atoms with Gasteiger partial charge >= 0.3 is 11.9 Å². The van der Waals surface area contributed by atoms with Gasteiger partial charge in [0, 0.05) is 81.5 Å². The van der Waals surface area contributed by atoms with E-state index in [-0.39, 0.29) is 70.8 Å². The van der Waals surface area contributed by atoms with Crippen molar-refractivity contribution in [1.29, 1.82) is 0 Å². The number of fused-ring (bicyclic) bond motifs is 16. The Kier molecular flexibility index (Phi) is 20.2. The zero-order chi connectivity index (χ0) is 65.8. The largest absolute Gasteiger partial charge is 0.481 e. The van der Waals surface area contributed by atoms with Crippen molar-refractivity contribution in [3.63, 3.8) is 0 Å². The van der Waals surface area contributed by atoms with E-state index < -0.39 is 102 Å². The maximum atomic E-state index is 15.3. The number of benzene rings is 2. The van der Waals surface area contributed by atoms with E-state index in [1.165, 1.54) is 38.8 Å². The van der Waals surface area contributed by atoms with Gasteiger partial charge in [0.1, 0.15) is 77.5 Å². The molecule has 0 spiro atoms. The lowest BCUT2D eigenvalue weighted by molar-refractivity contribution is -0.138. The molecule has 0 unspecified atom stereocenters. The number of carboxylic acid groups (broad SMARTS) is 2. The summed E-state index contributed by atoms with van der Waals surface area (Å²) >= 11 is 6.86. The fourth-order valence-corrected chi connectivity index (χ4v) is 16.4. The molecular weight excluding hydrogens is 1310 g/mol. The molecular formula is C63H60N12O12S6. The minimum absolute atomic E-state index is 0.0144. The Hall–Kier alpha value is -8.75. The van der Waals surface area contributed by atoms with Gasteiger partial charge in [-0.3, -0.25) is 38.4 Å². The van der Waals surface area contributed by atoms with Crippen LogP contribution in [0.3, 0.4) is 0 Å². The van der Waals surface area contributed by atoms with Crippen LogP contribution in [-0.2, 0) is 25.6 Å². The van der Waals surface area contributed by atoms with Gasteiger partial charge < -0.3 is 46.6 Å². The summed E-state index contributed by atoms with van der Waals surface area (Å²) < 4.78 is 0. The van der Waals surface area contributed by atoms with Crippen molar-refractivity contribution in [2.75, 3.05) is 19.6 Å². The van der Waals surface area contributed by atoms with Crippen molar-refractivity contribution in [2.45, 2.75) is 102 Å². The van der Waals surface area contributed by atoms with Gasteiger partial charge in [-0.1, -0.05) is 73.5 Å². The number of aliphatic carboxylic acids is 2. The number of pyridine rings is 1. The van der Waals surface area contributed by atoms with Gasteiger partial charge in [0.15, 0.2) is 5.78 Å². The summed E-state index contributed by atoms with van der Waals surface area (Å²) in [5.41, 5.74) is 9.67. The highest BCUT2D eigenvalue weighted by atomic mass is 32.1. The number of aromatic nitrogens is 7. The molecule has 9 heterocycles. The number of aliphatic hydroxyl groups excluding tert-OH is 2. The molecule has 1 fully saturated rings. The molecule has 7 aromatic heterocycles. The van der Waals surface area contributed by atoms with Crippen molar-refractivity contribution in [3.05, 3.63) is 153 Å². The standard InChI is InChI=1S/C63H60N12O12S6/c1-30-13-15-33(16-14-30)20-39-63(87)75-23-46(77)31(2)52(75)61-71-43(28-92-61)59-68-40(25-90-59)51-35(17-18-37(65-51)58-72-44(29-91-58)62(86)74(24-49(81)82)19-9-5-8-12-48(79)80)56-69-41(26-88-56)54(84)66-38(22-47(64)78)60-73-50(32(3)93-60)45(76)21-36(53(83)34-10-6-4-7-11-34)57-70-42(27-89-57)55(85)67-39/h4,6-7,10-11,13-18,25-29,31,36,38-39,46,52-53,77,83H,5,8-9,12,19-24H2,1-3H3,(H2,64,78)(H,66,84)(H,67,85)(H,79,80)(H,81,82)/t31-,36-,38-,39-,46-,52-,53+/m0/s1. The van der Waals surface area contributed by atoms with Crippen LogP contribution in [0.2, 0.25) is 0 Å². The van der Waals surface area contributed by atoms with Crippen molar-refractivity contribution in [3.8, 4) is 43.4 Å². The van der Waals surface area contributed by atoms with E-state index >= 15 is 4.79 Å². The Balaban J connectivity index is 0.989. The number of nitrogens with one attached hydrogen (secondary N) is 2. The number of carbonyl (C=O) groups excluding carboxylic acids is 6. The van der Waals surface area contributed by atoms with Crippen LogP contribution in [0.1, 0.15) is 148 Å². The normalized spacial score (nSPS) is 18.9. The highest BCUT2D eigenvalue weighted by molar-refractivity contribution is 7.15. The predicted octanol–water partition coefficient (Wildman–Crippen LogP) is 8.95. The third kappa shape index (κ3) is 15.0. The highest BCUT2D eigenvalue weighted by Crippen LogP contribution is 2.43. The van der Waals surface area contributed by atoms with Gasteiger partial charge in [-0.2, -0.15) is 0 Å². The number of rotatable bonds is 16. The van der Waals surface area contributed by atoms with Gasteiger partial charge in [0.05, 0.1) is 41.4 Å². The average molecular weight is 1370 g/mol. The second-order valence-electron chi connectivity index (χ2n) is 22.5. The Bertz CT molecular complexity index is 4290. The zero-order valence-corrected chi connectivity index (χ0v) is 54.9. The first kappa shape index (κ1) is 65.7. The fourth-order valence-electron chi connectivity index (χ4n) is 11.0. The molecule has 1 saturated heterocycles. The second kappa shape index (κ2) is 28.6. The van der Waals surface area contributed by atoms with Gasteiger partial charge in [-0.05, 0) is 49.9 Å². The van der Waals surface area contributed by atoms with Crippen LogP contribution in [0.4, 0.5) is 0 Å². The number of nitrogens with zero attached hydrogens (tertiary/aromatic N) is 9. The Labute approximate surface area is 555 Å². The summed E-state index contributed by atoms with van der Waals surface area (Å²) in [6.07, 6.45) is -1.83. The molecule has 11 rings (SSSR count). The van der Waals surface area contributed by atoms with Crippen molar-refractivity contribution in [1.82, 2.24) is 55.3 Å². The lowest BCUT2D eigenvalue weighted by Crippen LogP contribution is -2.50. The average Bonchev–Trinajstić information content (AvgIpc) is 1.70. The number of nitrogens with two attached hydrogens (primary N) is 1. The van der Waals surface area contributed by atoms with E-state index in [4.69, 9.17) is 40.7 Å². The number of aryl methyl sites for hydroxylation is 2. The summed E-state index contributed by atoms with van der Waals surface area (Å²) in [5.74, 6) is -7.52. The van der Waals surface area contributed by atoms with Crippen LogP contribution in [0, 0.1) is 19.8 Å². The number of hydrogen-bond acceptors (Lipinski definition) is 23. The molecule has 8 N–H and O–H groups in total. The van der Waals surface area contributed by atoms with Crippen LogP contribution in [0.5, 0.6) is 0 Å². The van der Waals surface area contributed by atoms with Crippen LogP contribution in [0.15, 0.2) is 93.6 Å². The number of Topliss-reactive ketones (excluding diaryl/α,β-unsaturated/α-hetero) is 1. The molecule has 93 heavy (non-hydrogen) atoms. The number of unbranched alkanes of at least 4 members (excludes halogenated alkanes) is 2. The van der Waals surface area contributed by atoms with E-state index in [1.54, 1.807) is 65.0 Å². The van der Waals surface area contributed by atoms with Gasteiger partial charge in [-0.25, -0.2) is 34.9 Å². The van der Waals surface area contributed by atoms with E-state index in [2.05, 4.69) is 15.6 Å². The summed E-state index contributed by atoms with van der Waals surface area (Å²) in [6, 6.07) is 16.5. The third-order valence-corrected chi connectivity index (χ3v) is 21.4.